The van der Waals surface area contributed by atoms with E-state index in [4.69, 9.17) is 0 Å². The van der Waals surface area contributed by atoms with E-state index in [2.05, 4.69) is 43.6 Å². The number of halogens is 1. The van der Waals surface area contributed by atoms with E-state index in [0.29, 0.717) is 6.54 Å². The van der Waals surface area contributed by atoms with Crippen molar-refractivity contribution in [2.24, 2.45) is 4.99 Å². The van der Waals surface area contributed by atoms with E-state index in [0.717, 1.165) is 50.0 Å². The van der Waals surface area contributed by atoms with Gasteiger partial charge in [0.2, 0.25) is 0 Å². The molecule has 0 amide bonds. The summed E-state index contributed by atoms with van der Waals surface area (Å²) >= 11 is 0. The van der Waals surface area contributed by atoms with Gasteiger partial charge in [-0.25, -0.2) is 0 Å². The molecule has 2 heterocycles. The SMILES string of the molecule is C=CCCCN(C)C(=NC)NCc1nnc2n1CCCC2.I. The Bertz CT molecular complexity index is 496. The number of aromatic nitrogens is 3. The van der Waals surface area contributed by atoms with Gasteiger partial charge < -0.3 is 14.8 Å². The van der Waals surface area contributed by atoms with Crippen molar-refractivity contribution < 1.29 is 0 Å². The molecule has 0 atom stereocenters. The van der Waals surface area contributed by atoms with Crippen LogP contribution in [0.4, 0.5) is 0 Å². The molecule has 1 aromatic rings. The molecule has 1 N–H and O–H groups in total. The molecule has 0 saturated heterocycles. The van der Waals surface area contributed by atoms with Gasteiger partial charge >= 0.3 is 0 Å². The molecule has 22 heavy (non-hydrogen) atoms. The maximum absolute atomic E-state index is 4.33. The maximum atomic E-state index is 4.33. The average molecular weight is 418 g/mol. The summed E-state index contributed by atoms with van der Waals surface area (Å²) in [6, 6.07) is 0. The Morgan fingerprint density at radius 2 is 2.27 bits per heavy atom. The van der Waals surface area contributed by atoms with Gasteiger partial charge in [-0.15, -0.1) is 40.8 Å². The first kappa shape index (κ1) is 18.9. The Kier molecular flexibility index (Phi) is 8.44. The van der Waals surface area contributed by atoms with E-state index in [9.17, 15) is 0 Å². The van der Waals surface area contributed by atoms with Crippen molar-refractivity contribution in [1.29, 1.82) is 0 Å². The Balaban J connectivity index is 0.00000242. The van der Waals surface area contributed by atoms with Gasteiger partial charge in [0, 0.05) is 33.6 Å². The minimum Gasteiger partial charge on any atom is -0.349 e. The van der Waals surface area contributed by atoms with Crippen LogP contribution in [0.25, 0.3) is 0 Å². The molecule has 2 rings (SSSR count). The Morgan fingerprint density at radius 3 is 3.00 bits per heavy atom. The zero-order valence-corrected chi connectivity index (χ0v) is 15.9. The van der Waals surface area contributed by atoms with Crippen molar-refractivity contribution in [3.63, 3.8) is 0 Å². The molecule has 0 spiro atoms. The highest BCUT2D eigenvalue weighted by atomic mass is 127. The number of hydrogen-bond acceptors (Lipinski definition) is 3. The van der Waals surface area contributed by atoms with Crippen LogP contribution >= 0.6 is 24.0 Å². The van der Waals surface area contributed by atoms with E-state index < -0.39 is 0 Å². The molecule has 1 aromatic heterocycles. The number of unbranched alkanes of at least 4 members (excludes halogenated alkanes) is 1. The molecule has 0 radical (unpaired) electrons. The minimum atomic E-state index is 0. The van der Waals surface area contributed by atoms with Crippen LogP contribution in [0.15, 0.2) is 17.6 Å². The molecule has 7 heteroatoms. The predicted octanol–water partition coefficient (Wildman–Crippen LogP) is 2.21. The smallest absolute Gasteiger partial charge is 0.193 e. The number of aliphatic imine (C=N–C) groups is 1. The molecule has 1 aliphatic rings. The quantitative estimate of drug-likeness (QED) is 0.253. The second-order valence-electron chi connectivity index (χ2n) is 5.39. The minimum absolute atomic E-state index is 0. The van der Waals surface area contributed by atoms with Crippen LogP contribution in [0.3, 0.4) is 0 Å². The highest BCUT2D eigenvalue weighted by molar-refractivity contribution is 14.0. The lowest BCUT2D eigenvalue weighted by Gasteiger charge is -2.22. The zero-order valence-electron chi connectivity index (χ0n) is 13.6. The lowest BCUT2D eigenvalue weighted by atomic mass is 10.2. The summed E-state index contributed by atoms with van der Waals surface area (Å²) in [6.07, 6.45) is 7.54. The number of nitrogens with one attached hydrogen (secondary N) is 1. The van der Waals surface area contributed by atoms with Gasteiger partial charge in [0.15, 0.2) is 11.8 Å². The highest BCUT2D eigenvalue weighted by Gasteiger charge is 2.16. The average Bonchev–Trinajstić information content (AvgIpc) is 2.92. The van der Waals surface area contributed by atoms with Crippen molar-refractivity contribution in [1.82, 2.24) is 25.0 Å². The zero-order chi connectivity index (χ0) is 15.1. The van der Waals surface area contributed by atoms with Gasteiger partial charge in [-0.2, -0.15) is 0 Å². The van der Waals surface area contributed by atoms with Crippen LogP contribution in [0.1, 0.15) is 37.3 Å². The predicted molar refractivity (Wildman–Crippen MR) is 101 cm³/mol. The largest absolute Gasteiger partial charge is 0.349 e. The van der Waals surface area contributed by atoms with Gasteiger partial charge in [0.1, 0.15) is 5.82 Å². The van der Waals surface area contributed by atoms with E-state index in [-0.39, 0.29) is 24.0 Å². The maximum Gasteiger partial charge on any atom is 0.193 e. The number of hydrogen-bond donors (Lipinski definition) is 1. The van der Waals surface area contributed by atoms with Crippen LogP contribution in [-0.4, -0.2) is 46.3 Å². The molecule has 1 aliphatic heterocycles. The first-order valence-corrected chi connectivity index (χ1v) is 7.70. The Hall–Kier alpha value is -1.12. The normalized spacial score (nSPS) is 14.0. The van der Waals surface area contributed by atoms with Gasteiger partial charge in [-0.3, -0.25) is 4.99 Å². The van der Waals surface area contributed by atoms with Crippen LogP contribution in [0.2, 0.25) is 0 Å². The van der Waals surface area contributed by atoms with Crippen LogP contribution in [0.5, 0.6) is 0 Å². The lowest BCUT2D eigenvalue weighted by Crippen LogP contribution is -2.39. The number of rotatable bonds is 6. The molecular formula is C15H27IN6. The molecule has 0 aromatic carbocycles. The van der Waals surface area contributed by atoms with Gasteiger partial charge in [-0.1, -0.05) is 6.08 Å². The Morgan fingerprint density at radius 1 is 1.45 bits per heavy atom. The fourth-order valence-corrected chi connectivity index (χ4v) is 2.62. The van der Waals surface area contributed by atoms with E-state index in [1.54, 1.807) is 0 Å². The topological polar surface area (TPSA) is 58.3 Å². The van der Waals surface area contributed by atoms with Crippen LogP contribution in [-0.2, 0) is 19.5 Å². The second-order valence-corrected chi connectivity index (χ2v) is 5.39. The molecule has 124 valence electrons. The van der Waals surface area contributed by atoms with Gasteiger partial charge in [-0.05, 0) is 25.7 Å². The third-order valence-electron chi connectivity index (χ3n) is 3.82. The van der Waals surface area contributed by atoms with Crippen molar-refractivity contribution in [3.8, 4) is 0 Å². The third-order valence-corrected chi connectivity index (χ3v) is 3.82. The van der Waals surface area contributed by atoms with Crippen molar-refractivity contribution in [3.05, 3.63) is 24.3 Å². The number of guanidine groups is 1. The molecule has 0 bridgehead atoms. The molecule has 6 nitrogen and oxygen atoms in total. The fourth-order valence-electron chi connectivity index (χ4n) is 2.62. The Labute approximate surface area is 150 Å². The summed E-state index contributed by atoms with van der Waals surface area (Å²) in [4.78, 5) is 6.46. The fraction of sp³-hybridized carbons (Fsp3) is 0.667. The summed E-state index contributed by atoms with van der Waals surface area (Å²) in [6.45, 7) is 6.42. The highest BCUT2D eigenvalue weighted by Crippen LogP contribution is 2.13. The number of allylic oxidation sites excluding steroid dienone is 1. The van der Waals surface area contributed by atoms with Gasteiger partial charge in [0.25, 0.3) is 0 Å². The summed E-state index contributed by atoms with van der Waals surface area (Å²) in [5.41, 5.74) is 0. The number of aryl methyl sites for hydroxylation is 1. The van der Waals surface area contributed by atoms with Crippen LogP contribution in [0, 0.1) is 0 Å². The summed E-state index contributed by atoms with van der Waals surface area (Å²) in [5, 5.41) is 12.0. The molecule has 0 saturated carbocycles. The first-order valence-electron chi connectivity index (χ1n) is 7.70. The summed E-state index contributed by atoms with van der Waals surface area (Å²) in [5.74, 6) is 3.02. The monoisotopic (exact) mass is 418 g/mol. The van der Waals surface area contributed by atoms with E-state index in [1.807, 2.05) is 13.1 Å². The molecule has 0 fully saturated rings. The molecule has 0 aliphatic carbocycles. The number of nitrogens with zero attached hydrogens (tertiary/aromatic N) is 5. The van der Waals surface area contributed by atoms with Crippen molar-refractivity contribution in [2.45, 2.75) is 45.2 Å². The third kappa shape index (κ3) is 4.96. The van der Waals surface area contributed by atoms with Crippen LogP contribution < -0.4 is 5.32 Å². The van der Waals surface area contributed by atoms with Crippen molar-refractivity contribution in [2.75, 3.05) is 20.6 Å². The standard InChI is InChI=1S/C15H26N6.HI/c1-4-5-7-10-20(3)15(16-2)17-12-14-19-18-13-9-6-8-11-21(13)14;/h4H,1,5-12H2,2-3H3,(H,16,17);1H. The van der Waals surface area contributed by atoms with Crippen molar-refractivity contribution >= 4 is 29.9 Å². The summed E-state index contributed by atoms with van der Waals surface area (Å²) < 4.78 is 2.24. The van der Waals surface area contributed by atoms with E-state index in [1.165, 1.54) is 12.8 Å². The summed E-state index contributed by atoms with van der Waals surface area (Å²) in [7, 11) is 3.86. The lowest BCUT2D eigenvalue weighted by molar-refractivity contribution is 0.463. The molecule has 0 unspecified atom stereocenters. The second kappa shape index (κ2) is 9.81. The number of fused-ring (bicyclic) bond motifs is 1. The molecular weight excluding hydrogens is 391 g/mol. The van der Waals surface area contributed by atoms with E-state index >= 15 is 0 Å². The first-order chi connectivity index (χ1) is 10.3. The van der Waals surface area contributed by atoms with Gasteiger partial charge in [0.05, 0.1) is 6.54 Å².